The number of rotatable bonds is 1. The highest BCUT2D eigenvalue weighted by Crippen LogP contribution is 2.22. The zero-order valence-electron chi connectivity index (χ0n) is 7.09. The van der Waals surface area contributed by atoms with Crippen LogP contribution in [0.3, 0.4) is 0 Å². The molecule has 3 nitrogen and oxygen atoms in total. The van der Waals surface area contributed by atoms with E-state index in [9.17, 15) is 4.79 Å². The van der Waals surface area contributed by atoms with Gasteiger partial charge in [0.2, 0.25) is 0 Å². The monoisotopic (exact) mass is 204 g/mol. The summed E-state index contributed by atoms with van der Waals surface area (Å²) in [5, 5.41) is 0. The highest BCUT2D eigenvalue weighted by molar-refractivity contribution is 7.17. The molecular formula is C7H9ClN2OS. The summed E-state index contributed by atoms with van der Waals surface area (Å²) in [5.41, 5.74) is 0.698. The van der Waals surface area contributed by atoms with Crippen LogP contribution in [0, 0.1) is 6.92 Å². The molecule has 0 fully saturated rings. The van der Waals surface area contributed by atoms with E-state index in [2.05, 4.69) is 4.98 Å². The van der Waals surface area contributed by atoms with E-state index in [1.807, 2.05) is 0 Å². The molecule has 5 heteroatoms. The van der Waals surface area contributed by atoms with Crippen LogP contribution in [0.2, 0.25) is 4.47 Å². The van der Waals surface area contributed by atoms with Crippen LogP contribution in [0.25, 0.3) is 0 Å². The van der Waals surface area contributed by atoms with E-state index >= 15 is 0 Å². The van der Waals surface area contributed by atoms with Crippen molar-refractivity contribution in [3.63, 3.8) is 0 Å². The van der Waals surface area contributed by atoms with Crippen molar-refractivity contribution in [3.05, 3.63) is 15.0 Å². The molecule has 0 saturated heterocycles. The fourth-order valence-corrected chi connectivity index (χ4v) is 1.94. The van der Waals surface area contributed by atoms with Crippen LogP contribution in [0.1, 0.15) is 15.4 Å². The smallest absolute Gasteiger partial charge is 0.265 e. The molecule has 1 heterocycles. The molecular weight excluding hydrogens is 196 g/mol. The third kappa shape index (κ3) is 1.76. The van der Waals surface area contributed by atoms with Gasteiger partial charge in [-0.1, -0.05) is 22.9 Å². The van der Waals surface area contributed by atoms with Gasteiger partial charge in [0.15, 0.2) is 4.47 Å². The average molecular weight is 205 g/mol. The molecule has 0 aliphatic carbocycles. The summed E-state index contributed by atoms with van der Waals surface area (Å²) in [4.78, 5) is 17.5. The van der Waals surface area contributed by atoms with Crippen LogP contribution >= 0.6 is 22.9 Å². The zero-order chi connectivity index (χ0) is 9.30. The second kappa shape index (κ2) is 3.41. The maximum Gasteiger partial charge on any atom is 0.265 e. The third-order valence-corrected chi connectivity index (χ3v) is 2.62. The molecule has 0 radical (unpaired) electrons. The first-order valence-electron chi connectivity index (χ1n) is 3.37. The third-order valence-electron chi connectivity index (χ3n) is 1.37. The van der Waals surface area contributed by atoms with Crippen LogP contribution in [0.5, 0.6) is 0 Å². The summed E-state index contributed by atoms with van der Waals surface area (Å²) >= 11 is 6.87. The van der Waals surface area contributed by atoms with Gasteiger partial charge in [0.25, 0.3) is 5.91 Å². The summed E-state index contributed by atoms with van der Waals surface area (Å²) in [6.45, 7) is 1.78. The second-order valence-electron chi connectivity index (χ2n) is 2.58. The fraction of sp³-hybridized carbons (Fsp3) is 0.429. The predicted octanol–water partition coefficient (Wildman–Crippen LogP) is 1.81. The minimum absolute atomic E-state index is 0.0445. The second-order valence-corrected chi connectivity index (χ2v) is 4.16. The van der Waals surface area contributed by atoms with Crippen LogP contribution in [0.4, 0.5) is 0 Å². The first kappa shape index (κ1) is 9.48. The van der Waals surface area contributed by atoms with Crippen LogP contribution in [-0.2, 0) is 0 Å². The van der Waals surface area contributed by atoms with Crippen LogP contribution < -0.4 is 0 Å². The predicted molar refractivity (Wildman–Crippen MR) is 49.9 cm³/mol. The molecule has 0 bridgehead atoms. The molecule has 0 atom stereocenters. The van der Waals surface area contributed by atoms with Crippen molar-refractivity contribution in [3.8, 4) is 0 Å². The summed E-state index contributed by atoms with van der Waals surface area (Å²) in [6.07, 6.45) is 0. The Kier molecular flexibility index (Phi) is 2.69. The highest BCUT2D eigenvalue weighted by Gasteiger charge is 2.15. The maximum atomic E-state index is 11.4. The quantitative estimate of drug-likeness (QED) is 0.699. The zero-order valence-corrected chi connectivity index (χ0v) is 8.66. The van der Waals surface area contributed by atoms with Crippen LogP contribution in [-0.4, -0.2) is 29.9 Å². The average Bonchev–Trinajstić information content (AvgIpc) is 2.28. The Labute approximate surface area is 80.0 Å². The van der Waals surface area contributed by atoms with Gasteiger partial charge < -0.3 is 4.90 Å². The molecule has 0 aliphatic heterocycles. The van der Waals surface area contributed by atoms with Crippen molar-refractivity contribution in [1.82, 2.24) is 9.88 Å². The Morgan fingerprint density at radius 3 is 2.50 bits per heavy atom. The lowest BCUT2D eigenvalue weighted by molar-refractivity contribution is 0.0831. The molecule has 1 rings (SSSR count). The standard InChI is InChI=1S/C7H9ClN2OS/c1-4-5(6(11)10(2)3)12-7(8)9-4/h1-3H3. The summed E-state index contributed by atoms with van der Waals surface area (Å²) in [7, 11) is 3.41. The van der Waals surface area contributed by atoms with E-state index in [-0.39, 0.29) is 5.91 Å². The molecule has 66 valence electrons. The van der Waals surface area contributed by atoms with Gasteiger partial charge in [-0.3, -0.25) is 4.79 Å². The first-order valence-corrected chi connectivity index (χ1v) is 4.56. The first-order chi connectivity index (χ1) is 5.52. The number of hydrogen-bond acceptors (Lipinski definition) is 3. The van der Waals surface area contributed by atoms with Gasteiger partial charge in [-0.15, -0.1) is 0 Å². The number of aryl methyl sites for hydroxylation is 1. The lowest BCUT2D eigenvalue weighted by Crippen LogP contribution is -2.21. The largest absolute Gasteiger partial charge is 0.344 e. The van der Waals surface area contributed by atoms with Crippen molar-refractivity contribution in [2.75, 3.05) is 14.1 Å². The molecule has 12 heavy (non-hydrogen) atoms. The van der Waals surface area contributed by atoms with Crippen LogP contribution in [0.15, 0.2) is 0 Å². The van der Waals surface area contributed by atoms with Gasteiger partial charge in [0.1, 0.15) is 4.88 Å². The number of nitrogens with zero attached hydrogens (tertiary/aromatic N) is 2. The summed E-state index contributed by atoms with van der Waals surface area (Å²) in [6, 6.07) is 0. The number of aromatic nitrogens is 1. The minimum Gasteiger partial charge on any atom is -0.344 e. The topological polar surface area (TPSA) is 33.2 Å². The number of halogens is 1. The molecule has 1 amide bonds. The molecule has 0 aromatic carbocycles. The van der Waals surface area contributed by atoms with E-state index < -0.39 is 0 Å². The minimum atomic E-state index is -0.0445. The van der Waals surface area contributed by atoms with Gasteiger partial charge >= 0.3 is 0 Å². The SMILES string of the molecule is Cc1nc(Cl)sc1C(=O)N(C)C. The van der Waals surface area contributed by atoms with E-state index in [0.717, 1.165) is 0 Å². The molecule has 0 N–H and O–H groups in total. The number of thiazole rings is 1. The molecule has 0 saturated carbocycles. The fourth-order valence-electron chi connectivity index (χ4n) is 0.765. The van der Waals surface area contributed by atoms with Gasteiger partial charge in [-0.2, -0.15) is 0 Å². The van der Waals surface area contributed by atoms with E-state index in [4.69, 9.17) is 11.6 Å². The van der Waals surface area contributed by atoms with E-state index in [1.165, 1.54) is 16.2 Å². The van der Waals surface area contributed by atoms with Gasteiger partial charge in [-0.25, -0.2) is 4.98 Å². The number of hydrogen-bond donors (Lipinski definition) is 0. The Morgan fingerprint density at radius 2 is 2.17 bits per heavy atom. The molecule has 1 aromatic rings. The van der Waals surface area contributed by atoms with Crippen molar-refractivity contribution in [2.45, 2.75) is 6.92 Å². The molecule has 1 aromatic heterocycles. The summed E-state index contributed by atoms with van der Waals surface area (Å²) in [5.74, 6) is -0.0445. The lowest BCUT2D eigenvalue weighted by atomic mass is 10.4. The van der Waals surface area contributed by atoms with Crippen molar-refractivity contribution in [1.29, 1.82) is 0 Å². The lowest BCUT2D eigenvalue weighted by Gasteiger charge is -2.07. The van der Waals surface area contributed by atoms with Gasteiger partial charge in [0, 0.05) is 14.1 Å². The van der Waals surface area contributed by atoms with Crippen molar-refractivity contribution >= 4 is 28.8 Å². The van der Waals surface area contributed by atoms with Gasteiger partial charge in [0.05, 0.1) is 5.69 Å². The highest BCUT2D eigenvalue weighted by atomic mass is 35.5. The normalized spacial score (nSPS) is 10.0. The summed E-state index contributed by atoms with van der Waals surface area (Å²) < 4.78 is 0.415. The number of carbonyl (C=O) groups is 1. The van der Waals surface area contributed by atoms with E-state index in [0.29, 0.717) is 15.0 Å². The molecule has 0 unspecified atom stereocenters. The number of amides is 1. The van der Waals surface area contributed by atoms with Crippen molar-refractivity contribution < 1.29 is 4.79 Å². The maximum absolute atomic E-state index is 11.4. The van der Waals surface area contributed by atoms with Crippen molar-refractivity contribution in [2.24, 2.45) is 0 Å². The van der Waals surface area contributed by atoms with Gasteiger partial charge in [-0.05, 0) is 6.92 Å². The Balaban J connectivity index is 3.02. The Morgan fingerprint density at radius 1 is 1.58 bits per heavy atom. The Bertz CT molecular complexity index is 308. The number of carbonyl (C=O) groups excluding carboxylic acids is 1. The molecule has 0 aliphatic rings. The molecule has 0 spiro atoms. The van der Waals surface area contributed by atoms with E-state index in [1.54, 1.807) is 21.0 Å². The Hall–Kier alpha value is -0.610.